The zero-order valence-electron chi connectivity index (χ0n) is 10.8. The maximum Gasteiger partial charge on any atom is 0.315 e. The predicted molar refractivity (Wildman–Crippen MR) is 72.9 cm³/mol. The highest BCUT2D eigenvalue weighted by atomic mass is 32.2. The molecule has 0 bridgehead atoms. The number of rotatable bonds is 6. The predicted octanol–water partition coefficient (Wildman–Crippen LogP) is 1.68. The topological polar surface area (TPSA) is 78.4 Å². The molecule has 5 nitrogen and oxygen atoms in total. The minimum atomic E-state index is -0.779. The number of aliphatic carboxylic acids is 1. The van der Waals surface area contributed by atoms with Crippen molar-refractivity contribution < 1.29 is 14.7 Å². The Balaban J connectivity index is 2.04. The van der Waals surface area contributed by atoms with Gasteiger partial charge in [-0.1, -0.05) is 6.92 Å². The van der Waals surface area contributed by atoms with E-state index in [1.165, 1.54) is 0 Å². The average molecular weight is 274 g/mol. The molecule has 104 valence electrons. The zero-order chi connectivity index (χ0) is 13.4. The first-order valence-electron chi connectivity index (χ1n) is 6.44. The summed E-state index contributed by atoms with van der Waals surface area (Å²) in [6.45, 7) is 2.22. The van der Waals surface area contributed by atoms with Crippen LogP contribution in [-0.4, -0.2) is 41.2 Å². The lowest BCUT2D eigenvalue weighted by atomic mass is 10.1. The van der Waals surface area contributed by atoms with Gasteiger partial charge in [-0.2, -0.15) is 11.8 Å². The average Bonchev–Trinajstić information content (AvgIpc) is 2.35. The molecule has 0 radical (unpaired) electrons. The van der Waals surface area contributed by atoms with Crippen molar-refractivity contribution in [1.82, 2.24) is 10.6 Å². The Morgan fingerprint density at radius 3 is 2.67 bits per heavy atom. The molecule has 0 aromatic carbocycles. The Labute approximate surface area is 112 Å². The molecule has 1 heterocycles. The van der Waals surface area contributed by atoms with E-state index < -0.39 is 5.97 Å². The van der Waals surface area contributed by atoms with Crippen LogP contribution in [-0.2, 0) is 4.79 Å². The molecule has 6 heteroatoms. The lowest BCUT2D eigenvalue weighted by molar-refractivity contribution is -0.141. The first-order chi connectivity index (χ1) is 8.59. The number of hydrogen-bond acceptors (Lipinski definition) is 3. The smallest absolute Gasteiger partial charge is 0.315 e. The Bertz CT molecular complexity index is 280. The van der Waals surface area contributed by atoms with Gasteiger partial charge < -0.3 is 15.7 Å². The van der Waals surface area contributed by atoms with Crippen LogP contribution >= 0.6 is 11.8 Å². The summed E-state index contributed by atoms with van der Waals surface area (Å²) in [5, 5.41) is 14.4. The Kier molecular flexibility index (Phi) is 6.93. The fourth-order valence-electron chi connectivity index (χ4n) is 1.81. The van der Waals surface area contributed by atoms with Gasteiger partial charge in [-0.15, -0.1) is 0 Å². The molecule has 1 unspecified atom stereocenters. The molecule has 0 aliphatic carbocycles. The molecule has 1 aliphatic heterocycles. The van der Waals surface area contributed by atoms with Crippen LogP contribution in [0.5, 0.6) is 0 Å². The molecule has 1 aliphatic rings. The van der Waals surface area contributed by atoms with Gasteiger partial charge in [0.25, 0.3) is 0 Å². The van der Waals surface area contributed by atoms with Crippen molar-refractivity contribution in [2.24, 2.45) is 5.92 Å². The molecule has 2 amide bonds. The number of thioether (sulfide) groups is 1. The lowest BCUT2D eigenvalue weighted by Crippen LogP contribution is -2.43. The standard InChI is InChI=1S/C12H22N2O3S/c1-9(11(15)16)3-2-6-13-12(17)14-10-4-7-18-8-5-10/h9-10H,2-8H2,1H3,(H,15,16)(H2,13,14,17). The molecular weight excluding hydrogens is 252 g/mol. The number of nitrogens with one attached hydrogen (secondary N) is 2. The molecule has 0 aromatic heterocycles. The van der Waals surface area contributed by atoms with Crippen LogP contribution in [0.4, 0.5) is 4.79 Å². The molecule has 0 aromatic rings. The highest BCUT2D eigenvalue weighted by molar-refractivity contribution is 7.99. The molecule has 3 N–H and O–H groups in total. The largest absolute Gasteiger partial charge is 0.481 e. The fraction of sp³-hybridized carbons (Fsp3) is 0.833. The van der Waals surface area contributed by atoms with E-state index in [0.717, 1.165) is 24.3 Å². The van der Waals surface area contributed by atoms with Gasteiger partial charge in [0.1, 0.15) is 0 Å². The number of carbonyl (C=O) groups is 2. The van der Waals surface area contributed by atoms with E-state index in [2.05, 4.69) is 10.6 Å². The second-order valence-corrected chi connectivity index (χ2v) is 5.89. The maximum atomic E-state index is 11.5. The van der Waals surface area contributed by atoms with Crippen LogP contribution in [0.25, 0.3) is 0 Å². The van der Waals surface area contributed by atoms with Crippen molar-refractivity contribution in [1.29, 1.82) is 0 Å². The number of carboxylic acids is 1. The fourth-order valence-corrected chi connectivity index (χ4v) is 2.92. The third kappa shape index (κ3) is 6.14. The summed E-state index contributed by atoms with van der Waals surface area (Å²) in [6.07, 6.45) is 3.36. The van der Waals surface area contributed by atoms with Crippen molar-refractivity contribution >= 4 is 23.8 Å². The second kappa shape index (κ2) is 8.24. The van der Waals surface area contributed by atoms with Crippen molar-refractivity contribution in [2.75, 3.05) is 18.1 Å². The molecule has 18 heavy (non-hydrogen) atoms. The molecule has 0 spiro atoms. The number of carboxylic acid groups (broad SMARTS) is 1. The molecule has 0 saturated carbocycles. The summed E-state index contributed by atoms with van der Waals surface area (Å²) in [5.74, 6) is 1.10. The highest BCUT2D eigenvalue weighted by Gasteiger charge is 2.15. The molecule has 1 rings (SSSR count). The number of urea groups is 1. The van der Waals surface area contributed by atoms with Crippen molar-refractivity contribution in [2.45, 2.75) is 38.6 Å². The summed E-state index contributed by atoms with van der Waals surface area (Å²) >= 11 is 1.93. The van der Waals surface area contributed by atoms with E-state index in [1.807, 2.05) is 11.8 Å². The van der Waals surface area contributed by atoms with E-state index in [-0.39, 0.29) is 11.9 Å². The van der Waals surface area contributed by atoms with Gasteiger partial charge in [-0.25, -0.2) is 4.79 Å². The number of hydrogen-bond donors (Lipinski definition) is 3. The van der Waals surface area contributed by atoms with Crippen LogP contribution < -0.4 is 10.6 Å². The van der Waals surface area contributed by atoms with E-state index in [4.69, 9.17) is 5.11 Å². The molecule has 1 fully saturated rings. The first-order valence-corrected chi connectivity index (χ1v) is 7.60. The molecule has 1 saturated heterocycles. The zero-order valence-corrected chi connectivity index (χ0v) is 11.6. The maximum absolute atomic E-state index is 11.5. The minimum absolute atomic E-state index is 0.130. The van der Waals surface area contributed by atoms with Gasteiger partial charge in [-0.3, -0.25) is 4.79 Å². The Hall–Kier alpha value is -0.910. The van der Waals surface area contributed by atoms with Crippen molar-refractivity contribution in [3.05, 3.63) is 0 Å². The third-order valence-corrected chi connectivity index (χ3v) is 4.13. The van der Waals surface area contributed by atoms with Gasteiger partial charge >= 0.3 is 12.0 Å². The van der Waals surface area contributed by atoms with E-state index >= 15 is 0 Å². The van der Waals surface area contributed by atoms with Gasteiger partial charge in [0.15, 0.2) is 0 Å². The van der Waals surface area contributed by atoms with Crippen LogP contribution in [0.15, 0.2) is 0 Å². The Morgan fingerprint density at radius 1 is 1.39 bits per heavy atom. The number of carbonyl (C=O) groups excluding carboxylic acids is 1. The van der Waals surface area contributed by atoms with E-state index in [1.54, 1.807) is 6.92 Å². The van der Waals surface area contributed by atoms with Crippen molar-refractivity contribution in [3.8, 4) is 0 Å². The van der Waals surface area contributed by atoms with Gasteiger partial charge in [0.2, 0.25) is 0 Å². The normalized spacial score (nSPS) is 18.1. The van der Waals surface area contributed by atoms with Crippen molar-refractivity contribution in [3.63, 3.8) is 0 Å². The van der Waals surface area contributed by atoms with Gasteiger partial charge in [0, 0.05) is 12.6 Å². The van der Waals surface area contributed by atoms with Crippen LogP contribution in [0, 0.1) is 5.92 Å². The van der Waals surface area contributed by atoms with E-state index in [9.17, 15) is 9.59 Å². The summed E-state index contributed by atoms with van der Waals surface area (Å²) in [5.41, 5.74) is 0. The minimum Gasteiger partial charge on any atom is -0.481 e. The van der Waals surface area contributed by atoms with Crippen LogP contribution in [0.1, 0.15) is 32.6 Å². The summed E-state index contributed by atoms with van der Waals surface area (Å²) in [6, 6.07) is 0.166. The summed E-state index contributed by atoms with van der Waals surface area (Å²) in [7, 11) is 0. The van der Waals surface area contributed by atoms with Gasteiger partial charge in [0.05, 0.1) is 5.92 Å². The third-order valence-electron chi connectivity index (χ3n) is 3.08. The van der Waals surface area contributed by atoms with Crippen LogP contribution in [0.2, 0.25) is 0 Å². The summed E-state index contributed by atoms with van der Waals surface area (Å²) in [4.78, 5) is 22.1. The first kappa shape index (κ1) is 15.1. The molecular formula is C12H22N2O3S. The number of amides is 2. The monoisotopic (exact) mass is 274 g/mol. The summed E-state index contributed by atoms with van der Waals surface area (Å²) < 4.78 is 0. The molecule has 1 atom stereocenters. The Morgan fingerprint density at radius 2 is 2.06 bits per heavy atom. The quantitative estimate of drug-likeness (QED) is 0.644. The van der Waals surface area contributed by atoms with Crippen LogP contribution in [0.3, 0.4) is 0 Å². The second-order valence-electron chi connectivity index (χ2n) is 4.67. The SMILES string of the molecule is CC(CCCNC(=O)NC1CCSCC1)C(=O)O. The van der Waals surface area contributed by atoms with E-state index in [0.29, 0.717) is 25.4 Å². The lowest BCUT2D eigenvalue weighted by Gasteiger charge is -2.22. The highest BCUT2D eigenvalue weighted by Crippen LogP contribution is 2.16. The van der Waals surface area contributed by atoms with Gasteiger partial charge in [-0.05, 0) is 37.2 Å².